The van der Waals surface area contributed by atoms with E-state index in [0.717, 1.165) is 0 Å². The second-order valence-corrected chi connectivity index (χ2v) is 4.45. The van der Waals surface area contributed by atoms with E-state index in [4.69, 9.17) is 4.74 Å². The lowest BCUT2D eigenvalue weighted by Gasteiger charge is -2.13. The highest BCUT2D eigenvalue weighted by atomic mass is 16.6. The van der Waals surface area contributed by atoms with E-state index in [-0.39, 0.29) is 17.9 Å². The van der Waals surface area contributed by atoms with Gasteiger partial charge in [0.25, 0.3) is 5.56 Å². The molecule has 0 aliphatic heterocycles. The van der Waals surface area contributed by atoms with E-state index in [1.807, 2.05) is 0 Å². The topological polar surface area (TPSA) is 110 Å². The molecule has 0 saturated carbocycles. The fraction of sp³-hybridized carbons (Fsp3) is 0.286. The summed E-state index contributed by atoms with van der Waals surface area (Å²) in [5.74, 6) is -0.441. The largest absolute Gasteiger partial charge is 0.453 e. The Hall–Kier alpha value is -2.90. The minimum atomic E-state index is -0.760. The molecular formula is C14H15N3O5. The average Bonchev–Trinajstić information content (AvgIpc) is 2.52. The molecule has 0 spiro atoms. The van der Waals surface area contributed by atoms with Gasteiger partial charge in [-0.25, -0.2) is 9.78 Å². The summed E-state index contributed by atoms with van der Waals surface area (Å²) in [5.41, 5.74) is 0.202. The molecule has 1 amide bonds. The molecule has 0 fully saturated rings. The van der Waals surface area contributed by atoms with E-state index in [1.54, 1.807) is 31.2 Å². The van der Waals surface area contributed by atoms with Gasteiger partial charge in [-0.2, -0.15) is 0 Å². The van der Waals surface area contributed by atoms with Gasteiger partial charge in [0.1, 0.15) is 6.54 Å². The normalized spacial score (nSPS) is 11.7. The average molecular weight is 305 g/mol. The molecule has 1 aromatic heterocycles. The second kappa shape index (κ2) is 6.70. The number of rotatable bonds is 4. The molecule has 1 heterocycles. The number of benzene rings is 1. The Morgan fingerprint density at radius 1 is 1.36 bits per heavy atom. The highest BCUT2D eigenvalue weighted by Gasteiger charge is 2.16. The Morgan fingerprint density at radius 2 is 2.09 bits per heavy atom. The number of para-hydroxylation sites is 1. The Bertz CT molecular complexity index is 755. The highest BCUT2D eigenvalue weighted by Crippen LogP contribution is 2.14. The maximum absolute atomic E-state index is 11.9. The summed E-state index contributed by atoms with van der Waals surface area (Å²) in [7, 11) is 1.19. The summed E-state index contributed by atoms with van der Waals surface area (Å²) in [6.45, 7) is 1.23. The van der Waals surface area contributed by atoms with E-state index in [2.05, 4.69) is 20.0 Å². The van der Waals surface area contributed by atoms with Crippen LogP contribution in [-0.4, -0.2) is 35.7 Å². The van der Waals surface area contributed by atoms with Crippen LogP contribution in [0.5, 0.6) is 0 Å². The van der Waals surface area contributed by atoms with E-state index in [0.29, 0.717) is 10.9 Å². The van der Waals surface area contributed by atoms with Gasteiger partial charge in [0.05, 0.1) is 18.0 Å². The molecule has 8 heteroatoms. The van der Waals surface area contributed by atoms with Crippen molar-refractivity contribution in [1.29, 1.82) is 0 Å². The van der Waals surface area contributed by atoms with Gasteiger partial charge >= 0.3 is 12.1 Å². The smallest absolute Gasteiger partial charge is 0.407 e. The third kappa shape index (κ3) is 3.60. The predicted molar refractivity (Wildman–Crippen MR) is 77.3 cm³/mol. The number of carbonyl (C=O) groups is 2. The van der Waals surface area contributed by atoms with Gasteiger partial charge < -0.3 is 19.8 Å². The number of aromatic amines is 1. The first-order chi connectivity index (χ1) is 10.5. The molecule has 0 radical (unpaired) electrons. The summed E-state index contributed by atoms with van der Waals surface area (Å²) in [6, 6.07) is 6.85. The highest BCUT2D eigenvalue weighted by molar-refractivity contribution is 5.78. The molecule has 1 aromatic carbocycles. The van der Waals surface area contributed by atoms with Crippen molar-refractivity contribution in [2.24, 2.45) is 0 Å². The number of hydrogen-bond acceptors (Lipinski definition) is 6. The van der Waals surface area contributed by atoms with Gasteiger partial charge in [-0.3, -0.25) is 9.59 Å². The molecule has 0 saturated heterocycles. The van der Waals surface area contributed by atoms with Gasteiger partial charge in [-0.05, 0) is 19.1 Å². The van der Waals surface area contributed by atoms with Crippen LogP contribution in [0.3, 0.4) is 0 Å². The van der Waals surface area contributed by atoms with Crippen molar-refractivity contribution in [3.8, 4) is 0 Å². The number of aromatic nitrogens is 2. The molecule has 1 unspecified atom stereocenters. The summed E-state index contributed by atoms with van der Waals surface area (Å²) in [6.07, 6.45) is -1.49. The summed E-state index contributed by atoms with van der Waals surface area (Å²) < 4.78 is 9.43. The Kier molecular flexibility index (Phi) is 4.72. The van der Waals surface area contributed by atoms with Crippen molar-refractivity contribution in [2.75, 3.05) is 13.7 Å². The van der Waals surface area contributed by atoms with Crippen LogP contribution in [0.2, 0.25) is 0 Å². The number of nitrogens with zero attached hydrogens (tertiary/aromatic N) is 1. The van der Waals surface area contributed by atoms with Crippen molar-refractivity contribution in [3.05, 3.63) is 40.4 Å². The van der Waals surface area contributed by atoms with Crippen molar-refractivity contribution in [1.82, 2.24) is 15.3 Å². The molecule has 0 aliphatic rings. The lowest BCUT2D eigenvalue weighted by molar-refractivity contribution is -0.147. The van der Waals surface area contributed by atoms with Crippen LogP contribution in [-0.2, 0) is 14.3 Å². The van der Waals surface area contributed by atoms with Gasteiger partial charge in [0.15, 0.2) is 11.9 Å². The molecule has 0 bridgehead atoms. The van der Waals surface area contributed by atoms with Gasteiger partial charge in [-0.1, -0.05) is 12.1 Å². The van der Waals surface area contributed by atoms with E-state index in [9.17, 15) is 14.4 Å². The SMILES string of the molecule is COC(=O)NCC(=O)OC(C)c1nc2ccccc2c(=O)[nH]1. The monoisotopic (exact) mass is 305 g/mol. The number of ether oxygens (including phenoxy) is 2. The van der Waals surface area contributed by atoms with Crippen molar-refractivity contribution < 1.29 is 19.1 Å². The standard InChI is InChI=1S/C14H15N3O5/c1-8(22-11(18)7-15-14(20)21-2)12-16-10-6-4-3-5-9(10)13(19)17-12/h3-6,8H,7H2,1-2H3,(H,15,20)(H,16,17,19). The molecule has 2 aromatic rings. The van der Waals surface area contributed by atoms with Crippen LogP contribution in [0.15, 0.2) is 29.1 Å². The summed E-state index contributed by atoms with van der Waals surface area (Å²) in [4.78, 5) is 41.2. The third-order valence-corrected chi connectivity index (χ3v) is 2.89. The molecule has 8 nitrogen and oxygen atoms in total. The van der Waals surface area contributed by atoms with E-state index in [1.165, 1.54) is 7.11 Å². The first-order valence-corrected chi connectivity index (χ1v) is 6.51. The predicted octanol–water partition coefficient (Wildman–Crippen LogP) is 0.883. The van der Waals surface area contributed by atoms with Crippen LogP contribution in [0.1, 0.15) is 18.9 Å². The van der Waals surface area contributed by atoms with E-state index < -0.39 is 18.2 Å². The van der Waals surface area contributed by atoms with Crippen LogP contribution in [0.25, 0.3) is 10.9 Å². The van der Waals surface area contributed by atoms with Crippen molar-refractivity contribution >= 4 is 23.0 Å². The first-order valence-electron chi connectivity index (χ1n) is 6.51. The number of alkyl carbamates (subject to hydrolysis) is 1. The van der Waals surface area contributed by atoms with Gasteiger partial charge in [0.2, 0.25) is 0 Å². The van der Waals surface area contributed by atoms with Crippen LogP contribution in [0.4, 0.5) is 4.79 Å². The van der Waals surface area contributed by atoms with Crippen molar-refractivity contribution in [3.63, 3.8) is 0 Å². The third-order valence-electron chi connectivity index (χ3n) is 2.89. The van der Waals surface area contributed by atoms with Crippen molar-refractivity contribution in [2.45, 2.75) is 13.0 Å². The molecule has 2 rings (SSSR count). The molecule has 0 aliphatic carbocycles. The first kappa shape index (κ1) is 15.5. The minimum Gasteiger partial charge on any atom is -0.453 e. The zero-order chi connectivity index (χ0) is 16.1. The van der Waals surface area contributed by atoms with Gasteiger partial charge in [0, 0.05) is 0 Å². The molecule has 1 atom stereocenters. The lowest BCUT2D eigenvalue weighted by atomic mass is 10.2. The number of nitrogens with one attached hydrogen (secondary N) is 2. The maximum atomic E-state index is 11.9. The number of carbonyl (C=O) groups excluding carboxylic acids is 2. The Morgan fingerprint density at radius 3 is 2.82 bits per heavy atom. The minimum absolute atomic E-state index is 0.232. The molecule has 2 N–H and O–H groups in total. The molecule has 22 heavy (non-hydrogen) atoms. The fourth-order valence-corrected chi connectivity index (χ4v) is 1.81. The maximum Gasteiger partial charge on any atom is 0.407 e. The number of amides is 1. The van der Waals surface area contributed by atoms with Crippen LogP contribution in [0, 0.1) is 0 Å². The van der Waals surface area contributed by atoms with Crippen LogP contribution >= 0.6 is 0 Å². The number of methoxy groups -OCH3 is 1. The summed E-state index contributed by atoms with van der Waals surface area (Å²) in [5, 5.41) is 2.66. The lowest BCUT2D eigenvalue weighted by Crippen LogP contribution is -2.31. The Balaban J connectivity index is 2.09. The molecular weight excluding hydrogens is 290 g/mol. The molecule has 116 valence electrons. The summed E-state index contributed by atoms with van der Waals surface area (Å²) >= 11 is 0. The number of H-pyrrole nitrogens is 1. The number of hydrogen-bond donors (Lipinski definition) is 2. The van der Waals surface area contributed by atoms with Crippen LogP contribution < -0.4 is 10.9 Å². The fourth-order valence-electron chi connectivity index (χ4n) is 1.81. The zero-order valence-corrected chi connectivity index (χ0v) is 12.1. The van der Waals surface area contributed by atoms with E-state index >= 15 is 0 Å². The number of fused-ring (bicyclic) bond motifs is 1. The van der Waals surface area contributed by atoms with Gasteiger partial charge in [-0.15, -0.1) is 0 Å². The second-order valence-electron chi connectivity index (χ2n) is 4.45. The quantitative estimate of drug-likeness (QED) is 0.811. The Labute approximate surface area is 125 Å². The zero-order valence-electron chi connectivity index (χ0n) is 12.1. The number of esters is 1.